The van der Waals surface area contributed by atoms with Gasteiger partial charge in [-0.05, 0) is 25.0 Å². The van der Waals surface area contributed by atoms with Gasteiger partial charge in [0.25, 0.3) is 0 Å². The third-order valence-corrected chi connectivity index (χ3v) is 3.96. The Morgan fingerprint density at radius 3 is 2.41 bits per heavy atom. The lowest BCUT2D eigenvalue weighted by Crippen LogP contribution is -2.06. The Morgan fingerprint density at radius 1 is 0.864 bits per heavy atom. The van der Waals surface area contributed by atoms with Gasteiger partial charge in [0, 0.05) is 23.9 Å². The Hall–Kier alpha value is -2.57. The van der Waals surface area contributed by atoms with Crippen LogP contribution in [-0.2, 0) is 0 Å². The van der Waals surface area contributed by atoms with Crippen molar-refractivity contribution in [3.63, 3.8) is 0 Å². The number of hydrogen-bond acceptors (Lipinski definition) is 7. The smallest absolute Gasteiger partial charge is 0.316 e. The summed E-state index contributed by atoms with van der Waals surface area (Å²) in [4.78, 5) is 12.7. The van der Waals surface area contributed by atoms with Gasteiger partial charge in [0.05, 0.1) is 0 Å². The number of nitrogens with zero attached hydrogens (tertiary/aromatic N) is 5. The van der Waals surface area contributed by atoms with E-state index in [9.17, 15) is 0 Å². The minimum Gasteiger partial charge on any atom is -0.329 e. The molecule has 22 heavy (non-hydrogen) atoms. The average molecular weight is 297 g/mol. The molecule has 112 valence electrons. The van der Waals surface area contributed by atoms with Crippen molar-refractivity contribution in [1.82, 2.24) is 25.3 Å². The highest BCUT2D eigenvalue weighted by atomic mass is 16.5. The van der Waals surface area contributed by atoms with Gasteiger partial charge in [-0.3, -0.25) is 4.98 Å². The predicted molar refractivity (Wildman–Crippen MR) is 76.6 cm³/mol. The van der Waals surface area contributed by atoms with Crippen LogP contribution in [0.2, 0.25) is 0 Å². The third-order valence-electron chi connectivity index (χ3n) is 3.96. The van der Waals surface area contributed by atoms with E-state index in [1.165, 1.54) is 19.3 Å². The number of pyridine rings is 1. The van der Waals surface area contributed by atoms with Crippen LogP contribution in [0.3, 0.4) is 0 Å². The first-order chi connectivity index (χ1) is 10.9. The molecule has 0 bridgehead atoms. The van der Waals surface area contributed by atoms with Crippen LogP contribution in [0.5, 0.6) is 0 Å². The molecule has 0 radical (unpaired) electrons. The van der Waals surface area contributed by atoms with Crippen molar-refractivity contribution in [3.8, 4) is 23.2 Å². The van der Waals surface area contributed by atoms with Crippen LogP contribution in [0, 0.1) is 0 Å². The topological polar surface area (TPSA) is 90.7 Å². The highest BCUT2D eigenvalue weighted by Crippen LogP contribution is 2.32. The summed E-state index contributed by atoms with van der Waals surface area (Å²) < 4.78 is 10.5. The maximum Gasteiger partial charge on any atom is 0.316 e. The van der Waals surface area contributed by atoms with Gasteiger partial charge in [0.2, 0.25) is 5.82 Å². The zero-order valence-corrected chi connectivity index (χ0v) is 12.0. The van der Waals surface area contributed by atoms with Gasteiger partial charge in [0.15, 0.2) is 5.82 Å². The second-order valence-electron chi connectivity index (χ2n) is 5.45. The van der Waals surface area contributed by atoms with E-state index < -0.39 is 0 Å². The summed E-state index contributed by atoms with van der Waals surface area (Å²) >= 11 is 0. The Kier molecular flexibility index (Phi) is 3.38. The molecular formula is C15H15N5O2. The van der Waals surface area contributed by atoms with Crippen LogP contribution in [0.4, 0.5) is 0 Å². The molecule has 0 atom stereocenters. The first-order valence-corrected chi connectivity index (χ1v) is 7.48. The fourth-order valence-corrected chi connectivity index (χ4v) is 2.78. The summed E-state index contributed by atoms with van der Waals surface area (Å²) in [6, 6.07) is 3.63. The first-order valence-electron chi connectivity index (χ1n) is 7.48. The minimum atomic E-state index is 0.251. The Morgan fingerprint density at radius 2 is 1.59 bits per heavy atom. The van der Waals surface area contributed by atoms with Gasteiger partial charge in [-0.15, -0.1) is 0 Å². The minimum absolute atomic E-state index is 0.251. The monoisotopic (exact) mass is 297 g/mol. The highest BCUT2D eigenvalue weighted by Gasteiger charge is 2.23. The number of hydrogen-bond donors (Lipinski definition) is 0. The molecule has 1 fully saturated rings. The molecule has 4 rings (SSSR count). The maximum atomic E-state index is 5.28. The highest BCUT2D eigenvalue weighted by molar-refractivity contribution is 5.55. The van der Waals surface area contributed by atoms with Gasteiger partial charge < -0.3 is 9.05 Å². The van der Waals surface area contributed by atoms with E-state index in [2.05, 4.69) is 25.3 Å². The lowest BCUT2D eigenvalue weighted by atomic mass is 9.89. The van der Waals surface area contributed by atoms with Crippen molar-refractivity contribution < 1.29 is 9.05 Å². The lowest BCUT2D eigenvalue weighted by Gasteiger charge is -2.17. The van der Waals surface area contributed by atoms with Crippen LogP contribution in [0.15, 0.2) is 33.6 Å². The standard InChI is InChI=1S/C15H15N5O2/c1-2-4-10(5-3-1)12-17-14(21-19-12)15-18-13(20-22-15)11-6-8-16-9-7-11/h6-10H,1-5H2. The molecule has 1 aliphatic carbocycles. The van der Waals surface area contributed by atoms with E-state index >= 15 is 0 Å². The Labute approximate surface area is 126 Å². The van der Waals surface area contributed by atoms with E-state index in [1.807, 2.05) is 12.1 Å². The van der Waals surface area contributed by atoms with E-state index in [-0.39, 0.29) is 11.8 Å². The molecule has 3 heterocycles. The zero-order valence-electron chi connectivity index (χ0n) is 12.0. The van der Waals surface area contributed by atoms with Crippen LogP contribution < -0.4 is 0 Å². The predicted octanol–water partition coefficient (Wildman–Crippen LogP) is 3.23. The zero-order chi connectivity index (χ0) is 14.8. The molecule has 0 amide bonds. The van der Waals surface area contributed by atoms with E-state index in [0.29, 0.717) is 11.7 Å². The summed E-state index contributed by atoms with van der Waals surface area (Å²) in [5.74, 6) is 2.15. The van der Waals surface area contributed by atoms with Crippen LogP contribution in [0.25, 0.3) is 23.2 Å². The second kappa shape index (κ2) is 5.67. The second-order valence-corrected chi connectivity index (χ2v) is 5.45. The number of rotatable bonds is 3. The summed E-state index contributed by atoms with van der Waals surface area (Å²) in [7, 11) is 0. The fourth-order valence-electron chi connectivity index (χ4n) is 2.78. The molecule has 0 unspecified atom stereocenters. The molecular weight excluding hydrogens is 282 g/mol. The quantitative estimate of drug-likeness (QED) is 0.732. The van der Waals surface area contributed by atoms with Gasteiger partial charge in [0.1, 0.15) is 0 Å². The Bertz CT molecular complexity index is 746. The largest absolute Gasteiger partial charge is 0.329 e. The first kappa shape index (κ1) is 13.1. The van der Waals surface area contributed by atoms with Crippen molar-refractivity contribution in [3.05, 3.63) is 30.4 Å². The van der Waals surface area contributed by atoms with E-state index in [0.717, 1.165) is 24.2 Å². The van der Waals surface area contributed by atoms with Crippen LogP contribution in [0.1, 0.15) is 43.8 Å². The van der Waals surface area contributed by atoms with Crippen LogP contribution in [-0.4, -0.2) is 25.3 Å². The van der Waals surface area contributed by atoms with E-state index in [4.69, 9.17) is 9.05 Å². The molecule has 1 saturated carbocycles. The van der Waals surface area contributed by atoms with Gasteiger partial charge >= 0.3 is 11.8 Å². The van der Waals surface area contributed by atoms with Gasteiger partial charge in [-0.1, -0.05) is 29.6 Å². The van der Waals surface area contributed by atoms with Crippen molar-refractivity contribution in [2.45, 2.75) is 38.0 Å². The SMILES string of the molecule is c1cc(-c2noc(-c3nc(C4CCCCC4)no3)n2)ccn1. The molecule has 0 saturated heterocycles. The molecule has 7 heteroatoms. The van der Waals surface area contributed by atoms with Crippen molar-refractivity contribution >= 4 is 0 Å². The summed E-state index contributed by atoms with van der Waals surface area (Å²) in [6.45, 7) is 0. The summed E-state index contributed by atoms with van der Waals surface area (Å²) in [5, 5.41) is 8.02. The third kappa shape index (κ3) is 2.49. The molecule has 0 aromatic carbocycles. The molecule has 0 spiro atoms. The van der Waals surface area contributed by atoms with Crippen molar-refractivity contribution in [1.29, 1.82) is 0 Å². The molecule has 7 nitrogen and oxygen atoms in total. The van der Waals surface area contributed by atoms with Crippen molar-refractivity contribution in [2.24, 2.45) is 0 Å². The Balaban J connectivity index is 1.58. The normalized spacial score (nSPS) is 16.0. The van der Waals surface area contributed by atoms with E-state index in [1.54, 1.807) is 12.4 Å². The average Bonchev–Trinajstić information content (AvgIpc) is 3.26. The van der Waals surface area contributed by atoms with Crippen LogP contribution >= 0.6 is 0 Å². The lowest BCUT2D eigenvalue weighted by molar-refractivity contribution is 0.367. The summed E-state index contributed by atoms with van der Waals surface area (Å²) in [6.07, 6.45) is 9.33. The molecule has 3 aromatic heterocycles. The molecule has 1 aliphatic rings. The molecule has 3 aromatic rings. The number of aromatic nitrogens is 5. The summed E-state index contributed by atoms with van der Waals surface area (Å²) in [5.41, 5.74) is 0.831. The maximum absolute atomic E-state index is 5.28. The van der Waals surface area contributed by atoms with Gasteiger partial charge in [-0.25, -0.2) is 0 Å². The van der Waals surface area contributed by atoms with Crippen molar-refractivity contribution in [2.75, 3.05) is 0 Å². The van der Waals surface area contributed by atoms with Gasteiger partial charge in [-0.2, -0.15) is 9.97 Å². The molecule has 0 aliphatic heterocycles. The fraction of sp³-hybridized carbons (Fsp3) is 0.400. The molecule has 0 N–H and O–H groups in total.